The zero-order valence-corrected chi connectivity index (χ0v) is 18.3. The van der Waals surface area contributed by atoms with Gasteiger partial charge in [-0.1, -0.05) is 0 Å². The molecule has 0 spiro atoms. The van der Waals surface area contributed by atoms with Crippen LogP contribution in [-0.2, 0) is 19.4 Å². The summed E-state index contributed by atoms with van der Waals surface area (Å²) in [5.74, 6) is 0. The van der Waals surface area contributed by atoms with Crippen molar-refractivity contribution in [1.29, 1.82) is 0 Å². The third-order valence-corrected chi connectivity index (χ3v) is 10.5. The summed E-state index contributed by atoms with van der Waals surface area (Å²) >= 11 is -2.42. The topological polar surface area (TPSA) is 0 Å². The van der Waals surface area contributed by atoms with Crippen molar-refractivity contribution in [1.82, 2.24) is 0 Å². The number of rotatable bonds is 3. The Morgan fingerprint density at radius 2 is 1.76 bits per heavy atom. The molecule has 3 heteroatoms. The van der Waals surface area contributed by atoms with Crippen molar-refractivity contribution in [3.05, 3.63) is 76.9 Å². The first-order chi connectivity index (χ1) is 12.1. The van der Waals surface area contributed by atoms with E-state index in [9.17, 15) is 0 Å². The van der Waals surface area contributed by atoms with Crippen molar-refractivity contribution in [2.45, 2.75) is 23.9 Å². The molecule has 1 aliphatic carbocycles. The molecule has 0 heterocycles. The van der Waals surface area contributed by atoms with Crippen LogP contribution in [0.25, 0.3) is 28.0 Å². The molecule has 3 aromatic carbocycles. The van der Waals surface area contributed by atoms with Crippen LogP contribution in [0, 0.1) is 6.92 Å². The van der Waals surface area contributed by atoms with Crippen LogP contribution in [0.3, 0.4) is 0 Å². The Morgan fingerprint density at radius 1 is 0.960 bits per heavy atom. The summed E-state index contributed by atoms with van der Waals surface area (Å²) in [6, 6.07) is 19.7. The van der Waals surface area contributed by atoms with Crippen LogP contribution in [0.15, 0.2) is 60.2 Å². The summed E-state index contributed by atoms with van der Waals surface area (Å²) in [5, 5.41) is 2.59. The molecule has 0 saturated carbocycles. The van der Waals surface area contributed by atoms with E-state index in [0.29, 0.717) is 3.63 Å². The molecule has 0 bridgehead atoms. The Balaban J connectivity index is 2.02. The van der Waals surface area contributed by atoms with Gasteiger partial charge in [0.05, 0.1) is 0 Å². The molecule has 25 heavy (non-hydrogen) atoms. The van der Waals surface area contributed by atoms with Crippen LogP contribution in [-0.4, -0.2) is 0 Å². The van der Waals surface area contributed by atoms with Gasteiger partial charge in [0.1, 0.15) is 0 Å². The summed E-state index contributed by atoms with van der Waals surface area (Å²) in [7, 11) is 13.1. The van der Waals surface area contributed by atoms with E-state index in [1.807, 2.05) is 0 Å². The molecule has 0 amide bonds. The second-order valence-corrected chi connectivity index (χ2v) is 15.4. The van der Waals surface area contributed by atoms with Gasteiger partial charge in [0.2, 0.25) is 0 Å². The van der Waals surface area contributed by atoms with Gasteiger partial charge in [-0.2, -0.15) is 0 Å². The van der Waals surface area contributed by atoms with Gasteiger partial charge in [0, 0.05) is 0 Å². The van der Waals surface area contributed by atoms with E-state index in [1.165, 1.54) is 44.2 Å². The Kier molecular flexibility index (Phi) is 4.93. The molecular weight excluding hydrogens is 426 g/mol. The van der Waals surface area contributed by atoms with Gasteiger partial charge in [0.15, 0.2) is 0 Å². The quantitative estimate of drug-likeness (QED) is 0.390. The number of hydrogen-bond acceptors (Lipinski definition) is 0. The van der Waals surface area contributed by atoms with Crippen molar-refractivity contribution in [2.75, 3.05) is 0 Å². The minimum absolute atomic E-state index is 0.293. The van der Waals surface area contributed by atoms with E-state index in [4.69, 9.17) is 17.0 Å². The second-order valence-electron chi connectivity index (χ2n) is 6.58. The van der Waals surface area contributed by atoms with E-state index in [2.05, 4.69) is 74.5 Å². The summed E-state index contributed by atoms with van der Waals surface area (Å²) in [5.41, 5.74) is 8.00. The summed E-state index contributed by atoms with van der Waals surface area (Å²) in [6.45, 7) is 4.40. The van der Waals surface area contributed by atoms with Crippen LogP contribution in [0.1, 0.15) is 33.7 Å². The third-order valence-electron chi connectivity index (χ3n) is 5.18. The van der Waals surface area contributed by atoms with Gasteiger partial charge in [-0.25, -0.2) is 0 Å². The van der Waals surface area contributed by atoms with Crippen LogP contribution < -0.4 is 0 Å². The number of aryl methyl sites for hydroxylation is 1. The molecular formula is C22H19Cl2Zr. The average molecular weight is 446 g/mol. The van der Waals surface area contributed by atoms with Crippen molar-refractivity contribution < 1.29 is 19.4 Å². The van der Waals surface area contributed by atoms with Crippen LogP contribution in [0.2, 0.25) is 0 Å². The minimum atomic E-state index is -2.42. The maximum absolute atomic E-state index is 6.53. The predicted octanol–water partition coefficient (Wildman–Crippen LogP) is 7.59. The maximum atomic E-state index is 6.53. The van der Waals surface area contributed by atoms with E-state index >= 15 is 0 Å². The molecule has 0 nitrogen and oxygen atoms in total. The Bertz CT molecular complexity index is 988. The van der Waals surface area contributed by atoms with Gasteiger partial charge in [-0.05, 0) is 0 Å². The standard InChI is InChI=1S/C22H19.2ClH.Zr/c1-3-16-13-18-8-6-10-20(21(18)14-16)22-15(2)11-12-17-7-4-5-9-19(17)22;;;/h4-14H,3H2,1-2H3;2*1H;/q;;;+2/p-2. The summed E-state index contributed by atoms with van der Waals surface area (Å²) in [6.07, 6.45) is 3.36. The van der Waals surface area contributed by atoms with Crippen LogP contribution in [0.5, 0.6) is 0 Å². The first-order valence-electron chi connectivity index (χ1n) is 8.61. The Morgan fingerprint density at radius 3 is 2.52 bits per heavy atom. The monoisotopic (exact) mass is 443 g/mol. The van der Waals surface area contributed by atoms with Gasteiger partial charge in [0.25, 0.3) is 0 Å². The molecule has 0 aliphatic heterocycles. The molecule has 4 rings (SSSR count). The van der Waals surface area contributed by atoms with E-state index in [0.717, 1.165) is 6.42 Å². The number of fused-ring (bicyclic) bond motifs is 2. The van der Waals surface area contributed by atoms with Gasteiger partial charge in [-0.3, -0.25) is 0 Å². The van der Waals surface area contributed by atoms with Crippen molar-refractivity contribution in [3.8, 4) is 11.1 Å². The van der Waals surface area contributed by atoms with Crippen LogP contribution in [0.4, 0.5) is 0 Å². The number of hydrogen-bond donors (Lipinski definition) is 0. The number of benzene rings is 3. The van der Waals surface area contributed by atoms with Crippen molar-refractivity contribution in [2.24, 2.45) is 0 Å². The SMILES string of the molecule is CCC1=Cc2c(-c3c(C)ccc4ccccc34)cccc2[CH]1[Zr]([Cl])[Cl]. The van der Waals surface area contributed by atoms with Crippen molar-refractivity contribution >= 4 is 33.9 Å². The fourth-order valence-electron chi connectivity index (χ4n) is 3.98. The summed E-state index contributed by atoms with van der Waals surface area (Å²) < 4.78 is 0.293. The molecule has 0 saturated heterocycles. The average Bonchev–Trinajstić information content (AvgIpc) is 3.01. The fraction of sp³-hybridized carbons (Fsp3) is 0.182. The molecule has 125 valence electrons. The second kappa shape index (κ2) is 7.03. The molecule has 0 radical (unpaired) electrons. The van der Waals surface area contributed by atoms with E-state index in [-0.39, 0.29) is 0 Å². The molecule has 1 atom stereocenters. The Labute approximate surface area is 164 Å². The van der Waals surface area contributed by atoms with Gasteiger partial charge in [-0.15, -0.1) is 0 Å². The number of allylic oxidation sites excluding steroid dienone is 1. The number of halogens is 2. The first-order valence-corrected chi connectivity index (χ1v) is 16.4. The molecule has 1 unspecified atom stereocenters. The van der Waals surface area contributed by atoms with E-state index in [1.54, 1.807) is 0 Å². The zero-order chi connectivity index (χ0) is 17.6. The molecule has 1 aliphatic rings. The molecule has 0 N–H and O–H groups in total. The van der Waals surface area contributed by atoms with Gasteiger partial charge >= 0.3 is 165 Å². The molecule has 0 fully saturated rings. The Hall–Kier alpha value is -0.877. The van der Waals surface area contributed by atoms with Crippen LogP contribution >= 0.6 is 17.0 Å². The molecule has 0 aromatic heterocycles. The van der Waals surface area contributed by atoms with E-state index < -0.39 is 19.4 Å². The third kappa shape index (κ3) is 2.95. The first kappa shape index (κ1) is 17.5. The summed E-state index contributed by atoms with van der Waals surface area (Å²) in [4.78, 5) is 0. The van der Waals surface area contributed by atoms with Crippen molar-refractivity contribution in [3.63, 3.8) is 0 Å². The molecule has 3 aromatic rings. The normalized spacial score (nSPS) is 16.0. The predicted molar refractivity (Wildman–Crippen MR) is 107 cm³/mol. The fourth-order valence-corrected chi connectivity index (χ4v) is 9.63. The van der Waals surface area contributed by atoms with Gasteiger partial charge < -0.3 is 0 Å². The zero-order valence-electron chi connectivity index (χ0n) is 14.3.